The Hall–Kier alpha value is -8.53. The third-order valence-corrected chi connectivity index (χ3v) is 13.7. The Morgan fingerprint density at radius 2 is 1.28 bits per heavy atom. The number of ether oxygens (including phenoxy) is 4. The van der Waals surface area contributed by atoms with Gasteiger partial charge in [-0.15, -0.1) is 5.10 Å². The summed E-state index contributed by atoms with van der Waals surface area (Å²) < 4.78 is 174. The molecule has 0 aliphatic rings. The molecular weight excluding hydrogens is 1340 g/mol. The van der Waals surface area contributed by atoms with Crippen LogP contribution in [0, 0.1) is 6.92 Å². The topological polar surface area (TPSA) is 444 Å². The van der Waals surface area contributed by atoms with E-state index >= 15 is 0 Å². The molecule has 0 radical (unpaired) electrons. The van der Waals surface area contributed by atoms with Crippen LogP contribution in [0.1, 0.15) is 68.7 Å². The summed E-state index contributed by atoms with van der Waals surface area (Å²) in [7, 11) is -12.0. The van der Waals surface area contributed by atoms with Crippen molar-refractivity contribution in [3.63, 3.8) is 0 Å². The molecule has 0 aliphatic carbocycles. The number of alkyl halides is 7. The second-order valence-corrected chi connectivity index (χ2v) is 24.1. The van der Waals surface area contributed by atoms with Crippen molar-refractivity contribution in [3.8, 4) is 29.2 Å². The van der Waals surface area contributed by atoms with Crippen molar-refractivity contribution < 1.29 is 115 Å². The van der Waals surface area contributed by atoms with Gasteiger partial charge < -0.3 is 43.4 Å². The maximum Gasteiger partial charge on any atom is 0.442 e. The van der Waals surface area contributed by atoms with Crippen LogP contribution in [0.2, 0.25) is 10.0 Å². The lowest BCUT2D eigenvalue weighted by Gasteiger charge is -2.13. The molecule has 0 bridgehead atoms. The van der Waals surface area contributed by atoms with Crippen molar-refractivity contribution in [2.45, 2.75) is 95.1 Å². The van der Waals surface area contributed by atoms with Crippen molar-refractivity contribution in [2.75, 3.05) is 30.6 Å². The molecule has 0 aliphatic heterocycles. The minimum atomic E-state index is -4.71. The fourth-order valence-electron chi connectivity index (χ4n) is 6.17. The number of aliphatic carboxylic acids is 1. The zero-order valence-electron chi connectivity index (χ0n) is 47.1. The lowest BCUT2D eigenvalue weighted by atomic mass is 9.97. The summed E-state index contributed by atoms with van der Waals surface area (Å²) in [6.45, 7) is 3.71. The Balaban J connectivity index is 0.000000330. The minimum absolute atomic E-state index is 0.0642. The smallest absolute Gasteiger partial charge is 0.442 e. The van der Waals surface area contributed by atoms with E-state index in [1.807, 2.05) is 34.6 Å². The van der Waals surface area contributed by atoms with Crippen LogP contribution in [0.5, 0.6) is 23.5 Å². The number of anilines is 2. The first-order valence-corrected chi connectivity index (χ1v) is 29.9. The lowest BCUT2D eigenvalue weighted by molar-refractivity contribution is -0.136. The van der Waals surface area contributed by atoms with Crippen LogP contribution < -0.4 is 50.1 Å². The zero-order chi connectivity index (χ0) is 68.3. The fourth-order valence-corrected chi connectivity index (χ4v) is 9.37. The summed E-state index contributed by atoms with van der Waals surface area (Å²) in [6, 6.07) is 10.1. The number of halogens is 9. The summed E-state index contributed by atoms with van der Waals surface area (Å²) in [5.74, 6) is -5.50. The highest BCUT2D eigenvalue weighted by atomic mass is 35.5. The molecule has 0 saturated carbocycles. The number of benzene rings is 3. The monoisotopic (exact) mass is 1390 g/mol. The number of urea groups is 2. The number of nitrogens with zero attached hydrogens (tertiary/aromatic N) is 7. The molecule has 3 heterocycles. The number of sulfonamides is 2. The average molecular weight is 1390 g/mol. The number of methoxy groups -OCH3 is 1. The zero-order valence-corrected chi connectivity index (χ0v) is 51.2. The van der Waals surface area contributed by atoms with E-state index in [4.69, 9.17) is 57.1 Å². The fraction of sp³-hybridized carbons (Fsp3) is 0.340. The molecule has 494 valence electrons. The SMILES string of the molecule is CC(C)Oc1cc(-n2nc(C(C)(C)C)oc2=O)c(Cl)cc1Cl.COc1nc(C)nc(NC(=O)NS(=O)(=O)c2ccccc2CCC(F)(F)F)n1.O=C(Nc1nc(OC(F)F)cc(OC(F)F)n1)NS(=O)(=O)c1ccccc1C(=O)O.O=C(O)CNCP(=O)(O)O. The molecule has 4 amide bonds. The van der Waals surface area contributed by atoms with Gasteiger partial charge in [-0.1, -0.05) is 74.3 Å². The molecule has 3 aromatic heterocycles. The largest absolute Gasteiger partial charge is 0.489 e. The predicted octanol–water partition coefficient (Wildman–Crippen LogP) is 7.09. The van der Waals surface area contributed by atoms with Gasteiger partial charge in [0.05, 0.1) is 58.3 Å². The van der Waals surface area contributed by atoms with E-state index in [-0.39, 0.29) is 39.9 Å². The van der Waals surface area contributed by atoms with Crippen molar-refractivity contribution in [3.05, 3.63) is 110 Å². The Bertz CT molecular complexity index is 3820. The molecule has 0 atom stereocenters. The van der Waals surface area contributed by atoms with Crippen LogP contribution in [0.15, 0.2) is 85.7 Å². The van der Waals surface area contributed by atoms with E-state index in [1.165, 1.54) is 55.2 Å². The molecule has 6 rings (SSSR count). The van der Waals surface area contributed by atoms with Crippen LogP contribution in [0.4, 0.5) is 52.2 Å². The third-order valence-electron chi connectivity index (χ3n) is 9.64. The van der Waals surface area contributed by atoms with E-state index in [1.54, 1.807) is 16.1 Å². The first-order chi connectivity index (χ1) is 41.5. The molecule has 3 aromatic carbocycles. The van der Waals surface area contributed by atoms with Gasteiger partial charge in [-0.05, 0) is 57.0 Å². The van der Waals surface area contributed by atoms with Gasteiger partial charge in [0.2, 0.25) is 29.5 Å². The van der Waals surface area contributed by atoms with E-state index in [0.29, 0.717) is 28.4 Å². The van der Waals surface area contributed by atoms with Crippen LogP contribution >= 0.6 is 30.8 Å². The number of amides is 4. The van der Waals surface area contributed by atoms with Crippen LogP contribution in [0.25, 0.3) is 5.69 Å². The summed E-state index contributed by atoms with van der Waals surface area (Å²) >= 11 is 12.3. The van der Waals surface area contributed by atoms with Crippen molar-refractivity contribution in [1.29, 1.82) is 0 Å². The summed E-state index contributed by atoms with van der Waals surface area (Å²) in [5.41, 5.74) is -0.738. The number of aromatic carboxylic acids is 1. The van der Waals surface area contributed by atoms with Gasteiger partial charge in [0.1, 0.15) is 16.5 Å². The van der Waals surface area contributed by atoms with Gasteiger partial charge in [-0.25, -0.2) is 45.5 Å². The lowest BCUT2D eigenvalue weighted by Crippen LogP contribution is -2.35. The highest BCUT2D eigenvalue weighted by Crippen LogP contribution is 2.34. The maximum absolute atomic E-state index is 12.5. The minimum Gasteiger partial charge on any atom is -0.489 e. The highest BCUT2D eigenvalue weighted by Gasteiger charge is 2.30. The number of carboxylic acid groups (broad SMARTS) is 2. The molecule has 0 unspecified atom stereocenters. The molecule has 31 nitrogen and oxygen atoms in total. The van der Waals surface area contributed by atoms with Crippen molar-refractivity contribution in [2.24, 2.45) is 0 Å². The molecule has 43 heteroatoms. The Morgan fingerprint density at radius 3 is 1.76 bits per heavy atom. The first kappa shape index (κ1) is 75.7. The van der Waals surface area contributed by atoms with Gasteiger partial charge in [0, 0.05) is 17.9 Å². The quantitative estimate of drug-likeness (QED) is 0.0256. The number of carbonyl (C=O) groups is 4. The molecule has 0 saturated heterocycles. The number of rotatable bonds is 21. The first-order valence-electron chi connectivity index (χ1n) is 24.4. The normalized spacial score (nSPS) is 11.6. The summed E-state index contributed by atoms with van der Waals surface area (Å²) in [5, 5.41) is 27.8. The third kappa shape index (κ3) is 26.3. The molecule has 6 aromatic rings. The molecule has 0 fully saturated rings. The van der Waals surface area contributed by atoms with Crippen molar-refractivity contribution >= 4 is 86.7 Å². The number of nitrogens with one attached hydrogen (secondary N) is 5. The van der Waals surface area contributed by atoms with E-state index in [0.717, 1.165) is 22.9 Å². The van der Waals surface area contributed by atoms with Crippen LogP contribution in [-0.2, 0) is 41.2 Å². The predicted molar refractivity (Wildman–Crippen MR) is 298 cm³/mol. The molecule has 9 N–H and O–H groups in total. The van der Waals surface area contributed by atoms with E-state index in [2.05, 4.69) is 50.1 Å². The second kappa shape index (κ2) is 32.8. The Kier molecular flexibility index (Phi) is 27.6. The number of carboxylic acids is 2. The highest BCUT2D eigenvalue weighted by molar-refractivity contribution is 7.90. The number of aromatic nitrogens is 7. The van der Waals surface area contributed by atoms with E-state index in [9.17, 15) is 76.1 Å². The van der Waals surface area contributed by atoms with Gasteiger partial charge in [-0.2, -0.15) is 60.3 Å². The maximum atomic E-state index is 12.5. The number of aryl methyl sites for hydroxylation is 2. The Labute approximate surface area is 513 Å². The number of hydrogen-bond donors (Lipinski definition) is 9. The van der Waals surface area contributed by atoms with E-state index < -0.39 is 136 Å². The Morgan fingerprint density at radius 1 is 0.756 bits per heavy atom. The molecule has 0 spiro atoms. The second-order valence-electron chi connectivity index (χ2n) is 18.3. The van der Waals surface area contributed by atoms with Gasteiger partial charge in [-0.3, -0.25) is 25.3 Å². The van der Waals surface area contributed by atoms with Crippen LogP contribution in [0.3, 0.4) is 0 Å². The standard InChI is InChI=1S/C15H18Cl2N2O3.C15H16F3N5O4S.C14H10F4N4O7S.C3H8NO5P/c1-8(2)21-12-7-11(9(16)6-10(12)17)19-14(20)22-13(18-19)15(3,4)5;1-9-19-12(22-14(20-9)27-2)21-13(24)23-28(25,26)11-6-4-3-5-10(11)7-8-15(16,17)18;15-11(16)28-8-5-9(29-12(17)18)20-13(19-8)21-14(25)22-30(26,27)7-4-2-1-3-6(7)10(23)24;5-3(6)1-4-2-10(7,8)9/h6-8H,1-5H3;3-6H,7-8H2,1-2H3,(H2,19,20,21,22,23,24);1-5,11-12H,(H,23,24)(H2,19,20,21,22,25);4H,1-2H2,(H,5,6)(H2,7,8,9). The van der Waals surface area contributed by atoms with Gasteiger partial charge in [0.15, 0.2) is 0 Å². The summed E-state index contributed by atoms with van der Waals surface area (Å²) in [6.07, 6.45) is -6.86. The number of hydrogen-bond acceptors (Lipinski definition) is 22. The summed E-state index contributed by atoms with van der Waals surface area (Å²) in [4.78, 5) is 90.0. The van der Waals surface area contributed by atoms with Crippen molar-refractivity contribution in [1.82, 2.24) is 49.5 Å². The average Bonchev–Trinajstić information content (AvgIpc) is 1.54. The van der Waals surface area contributed by atoms with Crippen LogP contribution in [-0.4, -0.2) is 141 Å². The van der Waals surface area contributed by atoms with Gasteiger partial charge >= 0.3 is 62.8 Å². The molecule has 90 heavy (non-hydrogen) atoms. The molecular formula is C47H52Cl2F7N12O19PS2. The number of carbonyl (C=O) groups excluding carboxylic acids is 2. The van der Waals surface area contributed by atoms with Gasteiger partial charge in [0.25, 0.3) is 20.0 Å².